The van der Waals surface area contributed by atoms with E-state index in [4.69, 9.17) is 28.9 Å². The van der Waals surface area contributed by atoms with Crippen molar-refractivity contribution in [3.8, 4) is 0 Å². The van der Waals surface area contributed by atoms with E-state index < -0.39 is 0 Å². The van der Waals surface area contributed by atoms with Gasteiger partial charge in [-0.2, -0.15) is 0 Å². The molecule has 0 saturated carbocycles. The molecule has 1 aromatic heterocycles. The molecule has 15 heavy (non-hydrogen) atoms. The molecule has 0 aliphatic heterocycles. The number of nitrogens with two attached hydrogens (primary N) is 1. The van der Waals surface area contributed by atoms with Crippen molar-refractivity contribution in [2.24, 2.45) is 5.73 Å². The molecule has 4 heteroatoms. The molecule has 0 saturated heterocycles. The summed E-state index contributed by atoms with van der Waals surface area (Å²) in [4.78, 5) is 0.949. The standard InChI is InChI=1S/C11H9Cl2NS/c12-8-4-2-1-3-7(8)10(14)11-9(13)5-6-15-11/h1-6,10H,14H2. The van der Waals surface area contributed by atoms with Crippen LogP contribution in [0, 0.1) is 0 Å². The van der Waals surface area contributed by atoms with E-state index in [0.717, 1.165) is 10.4 Å². The van der Waals surface area contributed by atoms with E-state index in [1.165, 1.54) is 0 Å². The van der Waals surface area contributed by atoms with E-state index in [1.807, 2.05) is 35.7 Å². The van der Waals surface area contributed by atoms with Gasteiger partial charge in [-0.05, 0) is 23.1 Å². The zero-order valence-corrected chi connectivity index (χ0v) is 10.1. The van der Waals surface area contributed by atoms with E-state index in [-0.39, 0.29) is 6.04 Å². The molecular weight excluding hydrogens is 249 g/mol. The van der Waals surface area contributed by atoms with E-state index in [2.05, 4.69) is 0 Å². The Morgan fingerprint density at radius 1 is 1.07 bits per heavy atom. The lowest BCUT2D eigenvalue weighted by Crippen LogP contribution is -2.11. The monoisotopic (exact) mass is 257 g/mol. The van der Waals surface area contributed by atoms with Crippen LogP contribution in [0.2, 0.25) is 10.0 Å². The topological polar surface area (TPSA) is 26.0 Å². The minimum atomic E-state index is -0.244. The molecule has 2 rings (SSSR count). The largest absolute Gasteiger partial charge is 0.320 e. The first-order valence-electron chi connectivity index (χ1n) is 4.43. The van der Waals surface area contributed by atoms with Gasteiger partial charge in [0.1, 0.15) is 0 Å². The summed E-state index contributed by atoms with van der Waals surface area (Å²) in [6, 6.07) is 9.16. The molecule has 0 aliphatic carbocycles. The highest BCUT2D eigenvalue weighted by Gasteiger charge is 2.15. The highest BCUT2D eigenvalue weighted by Crippen LogP contribution is 2.33. The molecule has 0 radical (unpaired) electrons. The fraction of sp³-hybridized carbons (Fsp3) is 0.0909. The molecule has 2 aromatic rings. The van der Waals surface area contributed by atoms with Crippen LogP contribution in [-0.2, 0) is 0 Å². The third-order valence-electron chi connectivity index (χ3n) is 2.17. The van der Waals surface area contributed by atoms with Crippen molar-refractivity contribution in [2.75, 3.05) is 0 Å². The average molecular weight is 258 g/mol. The summed E-state index contributed by atoms with van der Waals surface area (Å²) in [5, 5.41) is 3.30. The van der Waals surface area contributed by atoms with Crippen molar-refractivity contribution < 1.29 is 0 Å². The summed E-state index contributed by atoms with van der Waals surface area (Å²) in [5.74, 6) is 0. The minimum absolute atomic E-state index is 0.244. The number of hydrogen-bond donors (Lipinski definition) is 1. The zero-order valence-electron chi connectivity index (χ0n) is 7.78. The summed E-state index contributed by atoms with van der Waals surface area (Å²) >= 11 is 13.6. The van der Waals surface area contributed by atoms with Gasteiger partial charge in [0, 0.05) is 9.90 Å². The first kappa shape index (κ1) is 11.0. The Balaban J connectivity index is 2.41. The van der Waals surface area contributed by atoms with E-state index in [1.54, 1.807) is 11.3 Å². The molecule has 0 aliphatic rings. The summed E-state index contributed by atoms with van der Waals surface area (Å²) in [6.45, 7) is 0. The second-order valence-corrected chi connectivity index (χ2v) is 4.89. The number of benzene rings is 1. The van der Waals surface area contributed by atoms with Crippen LogP contribution in [0.5, 0.6) is 0 Å². The maximum Gasteiger partial charge on any atom is 0.0675 e. The Hall–Kier alpha value is -0.540. The molecule has 0 bridgehead atoms. The van der Waals surface area contributed by atoms with Crippen molar-refractivity contribution in [3.05, 3.63) is 56.2 Å². The van der Waals surface area contributed by atoms with E-state index in [9.17, 15) is 0 Å². The Morgan fingerprint density at radius 2 is 1.80 bits per heavy atom. The fourth-order valence-electron chi connectivity index (χ4n) is 1.40. The number of hydrogen-bond acceptors (Lipinski definition) is 2. The normalized spacial score (nSPS) is 12.7. The Morgan fingerprint density at radius 3 is 2.40 bits per heavy atom. The predicted octanol–water partition coefficient (Wildman–Crippen LogP) is 4.10. The molecule has 1 heterocycles. The molecule has 1 nitrogen and oxygen atoms in total. The third kappa shape index (κ3) is 2.18. The van der Waals surface area contributed by atoms with Crippen LogP contribution >= 0.6 is 34.5 Å². The summed E-state index contributed by atoms with van der Waals surface area (Å²) < 4.78 is 0. The van der Waals surface area contributed by atoms with Gasteiger partial charge in [0.2, 0.25) is 0 Å². The summed E-state index contributed by atoms with van der Waals surface area (Å²) in [6.07, 6.45) is 0. The lowest BCUT2D eigenvalue weighted by Gasteiger charge is -2.12. The molecule has 0 spiro atoms. The lowest BCUT2D eigenvalue weighted by atomic mass is 10.1. The zero-order chi connectivity index (χ0) is 10.8. The Bertz CT molecular complexity index is 467. The number of halogens is 2. The maximum atomic E-state index is 6.10. The first-order valence-corrected chi connectivity index (χ1v) is 6.06. The van der Waals surface area contributed by atoms with Gasteiger partial charge in [-0.3, -0.25) is 0 Å². The van der Waals surface area contributed by atoms with Gasteiger partial charge in [-0.25, -0.2) is 0 Å². The van der Waals surface area contributed by atoms with Gasteiger partial charge in [-0.1, -0.05) is 41.4 Å². The predicted molar refractivity (Wildman–Crippen MR) is 66.8 cm³/mol. The van der Waals surface area contributed by atoms with Crippen LogP contribution < -0.4 is 5.73 Å². The molecule has 1 aromatic carbocycles. The maximum absolute atomic E-state index is 6.10. The van der Waals surface area contributed by atoms with E-state index >= 15 is 0 Å². The molecule has 0 fully saturated rings. The van der Waals surface area contributed by atoms with Gasteiger partial charge in [0.15, 0.2) is 0 Å². The van der Waals surface area contributed by atoms with Crippen molar-refractivity contribution >= 4 is 34.5 Å². The molecular formula is C11H9Cl2NS. The van der Waals surface area contributed by atoms with Crippen molar-refractivity contribution in [1.29, 1.82) is 0 Å². The summed E-state index contributed by atoms with van der Waals surface area (Å²) in [5.41, 5.74) is 7.01. The lowest BCUT2D eigenvalue weighted by molar-refractivity contribution is 0.894. The SMILES string of the molecule is NC(c1ccccc1Cl)c1sccc1Cl. The van der Waals surface area contributed by atoms with Gasteiger partial charge < -0.3 is 5.73 Å². The van der Waals surface area contributed by atoms with Gasteiger partial charge in [-0.15, -0.1) is 11.3 Å². The fourth-order valence-corrected chi connectivity index (χ4v) is 2.84. The third-order valence-corrected chi connectivity index (χ3v) is 3.95. The number of thiophene rings is 1. The highest BCUT2D eigenvalue weighted by molar-refractivity contribution is 7.10. The van der Waals surface area contributed by atoms with E-state index in [0.29, 0.717) is 10.0 Å². The quantitative estimate of drug-likeness (QED) is 0.862. The van der Waals surface area contributed by atoms with Crippen LogP contribution in [0.3, 0.4) is 0 Å². The minimum Gasteiger partial charge on any atom is -0.320 e. The second kappa shape index (κ2) is 4.54. The van der Waals surface area contributed by atoms with Crippen LogP contribution in [0.1, 0.15) is 16.5 Å². The van der Waals surface area contributed by atoms with Gasteiger partial charge >= 0.3 is 0 Å². The average Bonchev–Trinajstić information content (AvgIpc) is 2.64. The Kier molecular flexibility index (Phi) is 3.32. The van der Waals surface area contributed by atoms with Crippen molar-refractivity contribution in [3.63, 3.8) is 0 Å². The van der Waals surface area contributed by atoms with Crippen molar-refractivity contribution in [1.82, 2.24) is 0 Å². The second-order valence-electron chi connectivity index (χ2n) is 3.13. The molecule has 1 unspecified atom stereocenters. The highest BCUT2D eigenvalue weighted by atomic mass is 35.5. The summed E-state index contributed by atoms with van der Waals surface area (Å²) in [7, 11) is 0. The Labute approximate surface area is 102 Å². The van der Waals surface area contributed by atoms with Gasteiger partial charge in [0.05, 0.1) is 11.1 Å². The smallest absolute Gasteiger partial charge is 0.0675 e. The van der Waals surface area contributed by atoms with Crippen molar-refractivity contribution in [2.45, 2.75) is 6.04 Å². The van der Waals surface area contributed by atoms with Gasteiger partial charge in [0.25, 0.3) is 0 Å². The molecule has 2 N–H and O–H groups in total. The van der Waals surface area contributed by atoms with Crippen LogP contribution in [0.4, 0.5) is 0 Å². The molecule has 0 amide bonds. The van der Waals surface area contributed by atoms with Crippen LogP contribution in [-0.4, -0.2) is 0 Å². The van der Waals surface area contributed by atoms with Crippen LogP contribution in [0.25, 0.3) is 0 Å². The number of rotatable bonds is 2. The molecule has 78 valence electrons. The van der Waals surface area contributed by atoms with Crippen LogP contribution in [0.15, 0.2) is 35.7 Å². The molecule has 1 atom stereocenters. The first-order chi connectivity index (χ1) is 7.20.